The monoisotopic (exact) mass is 375 g/mol. The average molecular weight is 375 g/mol. The number of aryl methyl sites for hydroxylation is 1. The van der Waals surface area contributed by atoms with Crippen molar-refractivity contribution in [2.45, 2.75) is 19.4 Å². The van der Waals surface area contributed by atoms with Gasteiger partial charge in [0.2, 0.25) is 0 Å². The lowest BCUT2D eigenvalue weighted by atomic mass is 10.1. The molecule has 0 saturated heterocycles. The number of aromatic nitrogens is 3. The topological polar surface area (TPSA) is 106 Å². The van der Waals surface area contributed by atoms with Gasteiger partial charge in [-0.15, -0.1) is 0 Å². The zero-order valence-electron chi connectivity index (χ0n) is 15.3. The lowest BCUT2D eigenvalue weighted by Crippen LogP contribution is -2.22. The van der Waals surface area contributed by atoms with E-state index in [1.165, 1.54) is 0 Å². The summed E-state index contributed by atoms with van der Waals surface area (Å²) in [5.41, 5.74) is 9.73. The second kappa shape index (κ2) is 7.56. The first-order valence-electron chi connectivity index (χ1n) is 9.22. The molecule has 28 heavy (non-hydrogen) atoms. The Kier molecular flexibility index (Phi) is 4.80. The molecule has 0 radical (unpaired) electrons. The molecule has 4 rings (SSSR count). The Bertz CT molecular complexity index is 1140. The van der Waals surface area contributed by atoms with Gasteiger partial charge in [0.15, 0.2) is 5.82 Å². The van der Waals surface area contributed by atoms with Crippen LogP contribution in [0.25, 0.3) is 33.3 Å². The molecular formula is C21H21N5O2. The van der Waals surface area contributed by atoms with Crippen molar-refractivity contribution in [2.24, 2.45) is 0 Å². The van der Waals surface area contributed by atoms with Gasteiger partial charge in [0.1, 0.15) is 11.3 Å². The molecule has 2 heterocycles. The second-order valence-corrected chi connectivity index (χ2v) is 6.60. The number of amides is 1. The number of carbonyl (C=O) groups is 1. The van der Waals surface area contributed by atoms with Gasteiger partial charge in [-0.05, 0) is 18.9 Å². The number of nitrogens with one attached hydrogen (secondary N) is 1. The van der Waals surface area contributed by atoms with Crippen LogP contribution >= 0.6 is 0 Å². The lowest BCUT2D eigenvalue weighted by Gasteiger charge is -2.11. The zero-order chi connectivity index (χ0) is 19.5. The van der Waals surface area contributed by atoms with Gasteiger partial charge in [-0.1, -0.05) is 48.5 Å². The summed E-state index contributed by atoms with van der Waals surface area (Å²) in [4.78, 5) is 20.0. The van der Waals surface area contributed by atoms with E-state index < -0.39 is 6.09 Å². The molecule has 0 spiro atoms. The number of unbranched alkanes of at least 4 members (excludes halogenated alkanes) is 1. The fourth-order valence-corrected chi connectivity index (χ4v) is 3.47. The van der Waals surface area contributed by atoms with Gasteiger partial charge in [0, 0.05) is 24.0 Å². The summed E-state index contributed by atoms with van der Waals surface area (Å²) in [5, 5.41) is 12.1. The molecule has 2 aromatic heterocycles. The maximum absolute atomic E-state index is 10.6. The van der Waals surface area contributed by atoms with Crippen LogP contribution in [0.15, 0.2) is 54.6 Å². The minimum Gasteiger partial charge on any atom is -0.465 e. The third kappa shape index (κ3) is 3.34. The number of nitrogens with two attached hydrogens (primary N) is 1. The Morgan fingerprint density at radius 1 is 1.04 bits per heavy atom. The molecule has 0 unspecified atom stereocenters. The van der Waals surface area contributed by atoms with Crippen molar-refractivity contribution in [1.82, 2.24) is 19.9 Å². The molecule has 4 N–H and O–H groups in total. The van der Waals surface area contributed by atoms with Crippen molar-refractivity contribution >= 4 is 33.8 Å². The first-order chi connectivity index (χ1) is 13.6. The maximum Gasteiger partial charge on any atom is 0.404 e. The third-order valence-corrected chi connectivity index (χ3v) is 4.73. The molecule has 0 aliphatic carbocycles. The van der Waals surface area contributed by atoms with Crippen LogP contribution in [-0.4, -0.2) is 32.3 Å². The molecule has 4 aromatic rings. The molecule has 0 aliphatic rings. The van der Waals surface area contributed by atoms with Crippen LogP contribution in [0.4, 0.5) is 10.6 Å². The normalized spacial score (nSPS) is 11.1. The van der Waals surface area contributed by atoms with E-state index in [0.29, 0.717) is 24.4 Å². The number of rotatable bonds is 6. The molecule has 1 amide bonds. The molecule has 0 aliphatic heterocycles. The Hall–Kier alpha value is -3.61. The van der Waals surface area contributed by atoms with Gasteiger partial charge in [-0.2, -0.15) is 0 Å². The number of nitrogens with zero attached hydrogens (tertiary/aromatic N) is 3. The highest BCUT2D eigenvalue weighted by molar-refractivity contribution is 6.07. The van der Waals surface area contributed by atoms with Crippen LogP contribution in [-0.2, 0) is 6.54 Å². The quantitative estimate of drug-likeness (QED) is 0.443. The molecule has 0 bridgehead atoms. The first-order valence-corrected chi connectivity index (χ1v) is 9.22. The Labute approximate surface area is 161 Å². The average Bonchev–Trinajstić information content (AvgIpc) is 3.09. The molecule has 0 atom stereocenters. The van der Waals surface area contributed by atoms with Crippen LogP contribution < -0.4 is 11.1 Å². The number of hydrogen-bond donors (Lipinski definition) is 3. The minimum atomic E-state index is -0.997. The zero-order valence-corrected chi connectivity index (χ0v) is 15.3. The second-order valence-electron chi connectivity index (χ2n) is 6.60. The number of fused-ring (bicyclic) bond motifs is 3. The number of carboxylic acid groups (broad SMARTS) is 1. The summed E-state index contributed by atoms with van der Waals surface area (Å²) in [5.74, 6) is 1.25. The Morgan fingerprint density at radius 2 is 1.79 bits per heavy atom. The summed E-state index contributed by atoms with van der Waals surface area (Å²) < 4.78 is 2.17. The molecule has 7 heteroatoms. The smallest absolute Gasteiger partial charge is 0.404 e. The van der Waals surface area contributed by atoms with Crippen LogP contribution in [0.5, 0.6) is 0 Å². The number of hydrogen-bond acceptors (Lipinski definition) is 4. The van der Waals surface area contributed by atoms with E-state index >= 15 is 0 Å². The van der Waals surface area contributed by atoms with Crippen molar-refractivity contribution in [3.63, 3.8) is 0 Å². The van der Waals surface area contributed by atoms with Gasteiger partial charge in [0.05, 0.1) is 11.0 Å². The number of para-hydroxylation sites is 1. The van der Waals surface area contributed by atoms with E-state index in [-0.39, 0.29) is 0 Å². The van der Waals surface area contributed by atoms with E-state index in [4.69, 9.17) is 15.8 Å². The standard InChI is InChI=1S/C21H21N5O2/c22-19-17-18(15-10-4-5-11-16(15)24-19)26(13-7-6-12-23-21(27)28)20(25-17)14-8-2-1-3-9-14/h1-5,8-11,23H,6-7,12-13H2,(H2,22,24)(H,27,28). The van der Waals surface area contributed by atoms with Gasteiger partial charge in [0.25, 0.3) is 0 Å². The first kappa shape index (κ1) is 17.8. The summed E-state index contributed by atoms with van der Waals surface area (Å²) in [7, 11) is 0. The summed E-state index contributed by atoms with van der Waals surface area (Å²) in [6.07, 6.45) is 0.545. The molecule has 2 aromatic carbocycles. The molecule has 0 fully saturated rings. The van der Waals surface area contributed by atoms with E-state index in [0.717, 1.165) is 40.6 Å². The van der Waals surface area contributed by atoms with Crippen molar-refractivity contribution in [3.8, 4) is 11.4 Å². The summed E-state index contributed by atoms with van der Waals surface area (Å²) >= 11 is 0. The van der Waals surface area contributed by atoms with Gasteiger partial charge in [-0.3, -0.25) is 0 Å². The predicted molar refractivity (Wildman–Crippen MR) is 110 cm³/mol. The lowest BCUT2D eigenvalue weighted by molar-refractivity contribution is 0.194. The van der Waals surface area contributed by atoms with Crippen molar-refractivity contribution in [2.75, 3.05) is 12.3 Å². The maximum atomic E-state index is 10.6. The van der Waals surface area contributed by atoms with E-state index in [9.17, 15) is 4.79 Å². The minimum absolute atomic E-state index is 0.414. The van der Waals surface area contributed by atoms with Gasteiger partial charge >= 0.3 is 6.09 Å². The van der Waals surface area contributed by atoms with E-state index in [2.05, 4.69) is 14.9 Å². The number of imidazole rings is 1. The Morgan fingerprint density at radius 3 is 2.57 bits per heavy atom. The molecule has 7 nitrogen and oxygen atoms in total. The van der Waals surface area contributed by atoms with Crippen LogP contribution in [0, 0.1) is 0 Å². The number of nitrogen functional groups attached to an aromatic ring is 1. The summed E-state index contributed by atoms with van der Waals surface area (Å²) in [6.45, 7) is 1.13. The predicted octanol–water partition coefficient (Wildman–Crippen LogP) is 3.88. The molecular weight excluding hydrogens is 354 g/mol. The van der Waals surface area contributed by atoms with Crippen molar-refractivity contribution in [1.29, 1.82) is 0 Å². The summed E-state index contributed by atoms with van der Waals surface area (Å²) in [6, 6.07) is 17.9. The Balaban J connectivity index is 1.82. The molecule has 142 valence electrons. The van der Waals surface area contributed by atoms with Crippen molar-refractivity contribution < 1.29 is 9.90 Å². The van der Waals surface area contributed by atoms with Crippen molar-refractivity contribution in [3.05, 3.63) is 54.6 Å². The number of anilines is 1. The number of benzene rings is 2. The highest BCUT2D eigenvalue weighted by Crippen LogP contribution is 2.32. The fraction of sp³-hybridized carbons (Fsp3) is 0.190. The van der Waals surface area contributed by atoms with E-state index in [1.807, 2.05) is 54.6 Å². The highest BCUT2D eigenvalue weighted by Gasteiger charge is 2.18. The van der Waals surface area contributed by atoms with Crippen LogP contribution in [0.2, 0.25) is 0 Å². The van der Waals surface area contributed by atoms with Gasteiger partial charge < -0.3 is 20.7 Å². The highest BCUT2D eigenvalue weighted by atomic mass is 16.4. The van der Waals surface area contributed by atoms with Crippen LogP contribution in [0.1, 0.15) is 12.8 Å². The largest absolute Gasteiger partial charge is 0.465 e. The molecule has 0 saturated carbocycles. The van der Waals surface area contributed by atoms with E-state index in [1.54, 1.807) is 0 Å². The van der Waals surface area contributed by atoms with Crippen LogP contribution in [0.3, 0.4) is 0 Å². The fourth-order valence-electron chi connectivity index (χ4n) is 3.47. The SMILES string of the molecule is Nc1nc2ccccc2c2c1nc(-c1ccccc1)n2CCCCNC(=O)O. The third-order valence-electron chi connectivity index (χ3n) is 4.73. The van der Waals surface area contributed by atoms with Gasteiger partial charge in [-0.25, -0.2) is 14.8 Å². The number of pyridine rings is 1.